The molecule has 0 saturated heterocycles. The van der Waals surface area contributed by atoms with E-state index in [0.29, 0.717) is 0 Å². The Hall–Kier alpha value is -2.38. The Morgan fingerprint density at radius 1 is 0.295 bits per heavy atom. The Morgan fingerprint density at radius 3 is 0.523 bits per heavy atom. The molecule has 224 valence electrons. The van der Waals surface area contributed by atoms with Crippen LogP contribution in [-0.4, -0.2) is 0 Å². The predicted molar refractivity (Wildman–Crippen MR) is 158 cm³/mol. The second-order valence-electron chi connectivity index (χ2n) is 8.50. The zero-order valence-corrected chi connectivity index (χ0v) is 30.9. The highest BCUT2D eigenvalue weighted by Crippen LogP contribution is 2.03. The molecule has 4 nitrogen and oxygen atoms in total. The minimum absolute atomic E-state index is 0.0287. The van der Waals surface area contributed by atoms with E-state index in [2.05, 4.69) is 182 Å². The van der Waals surface area contributed by atoms with Crippen LogP contribution in [0.5, 0.6) is 0 Å². The van der Waals surface area contributed by atoms with Crippen molar-refractivity contribution in [1.82, 2.24) is 0 Å². The Bertz CT molecular complexity index is 1300. The van der Waals surface area contributed by atoms with E-state index in [9.17, 15) is 0 Å². The van der Waals surface area contributed by atoms with Gasteiger partial charge in [-0.1, -0.05) is 109 Å². The molecule has 0 aliphatic rings. The highest BCUT2D eigenvalue weighted by Gasteiger charge is 2.14. The fraction of sp³-hybridized carbons (Fsp3) is 0. The third-order valence-electron chi connectivity index (χ3n) is 5.05. The standard InChI is InChI=1S/3C12H10I.H3O4P/c3*1-3-7-11(8-4-1)13-12-9-5-2-6-10-12;1-5(2,3)4/h3*1-10H;(H3,1,2,3,4)/q3*+1;/p-3. The van der Waals surface area contributed by atoms with Crippen molar-refractivity contribution in [3.8, 4) is 0 Å². The molecule has 0 aliphatic carbocycles. The van der Waals surface area contributed by atoms with Gasteiger partial charge in [-0.05, 0) is 72.8 Å². The number of phosphoric acid groups is 1. The van der Waals surface area contributed by atoms with Gasteiger partial charge in [-0.3, -0.25) is 0 Å². The second-order valence-corrected chi connectivity index (χ2v) is 18.5. The molecular weight excluding hydrogens is 908 g/mol. The van der Waals surface area contributed by atoms with Crippen LogP contribution in [0.1, 0.15) is 0 Å². The summed E-state index contributed by atoms with van der Waals surface area (Å²) in [4.78, 5) is 25.6. The minimum Gasteiger partial charge on any atom is -0.822 e. The molecule has 0 atom stereocenters. The lowest BCUT2D eigenvalue weighted by atomic mass is 10.4. The first-order chi connectivity index (χ1) is 21.3. The molecule has 6 aromatic carbocycles. The number of rotatable bonds is 6. The van der Waals surface area contributed by atoms with Crippen LogP contribution >= 0.6 is 7.82 Å². The zero-order chi connectivity index (χ0) is 31.3. The highest BCUT2D eigenvalue weighted by atomic mass is 127. The van der Waals surface area contributed by atoms with Gasteiger partial charge in [0.2, 0.25) is 0 Å². The maximum absolute atomic E-state index is 8.55. The maximum atomic E-state index is 8.55. The van der Waals surface area contributed by atoms with Crippen LogP contribution < -0.4 is 78.3 Å². The summed E-state index contributed by atoms with van der Waals surface area (Å²) in [6.07, 6.45) is 0. The smallest absolute Gasteiger partial charge is 0.357 e. The third-order valence-corrected chi connectivity index (χ3v) is 13.1. The second kappa shape index (κ2) is 21.4. The Kier molecular flexibility index (Phi) is 17.5. The molecule has 0 saturated carbocycles. The van der Waals surface area contributed by atoms with Crippen LogP contribution in [0, 0.1) is 21.4 Å². The molecule has 0 heterocycles. The lowest BCUT2D eigenvalue weighted by molar-refractivity contribution is -0.597. The normalized spacial score (nSPS) is 10.1. The summed E-state index contributed by atoms with van der Waals surface area (Å²) in [5.74, 6) is 0. The molecule has 0 spiro atoms. The van der Waals surface area contributed by atoms with Crippen LogP contribution in [0.3, 0.4) is 0 Å². The Balaban J connectivity index is 0.000000168. The van der Waals surface area contributed by atoms with Gasteiger partial charge in [-0.15, -0.1) is 0 Å². The van der Waals surface area contributed by atoms with Crippen molar-refractivity contribution in [3.05, 3.63) is 203 Å². The fourth-order valence-electron chi connectivity index (χ4n) is 3.24. The van der Waals surface area contributed by atoms with E-state index in [1.54, 1.807) is 0 Å². The van der Waals surface area contributed by atoms with Crippen molar-refractivity contribution in [2.45, 2.75) is 0 Å². The van der Waals surface area contributed by atoms with E-state index in [4.69, 9.17) is 19.2 Å². The molecule has 8 heteroatoms. The average Bonchev–Trinajstić information content (AvgIpc) is 3.04. The molecule has 0 radical (unpaired) electrons. The molecule has 0 aromatic heterocycles. The molecule has 0 fully saturated rings. The molecule has 0 bridgehead atoms. The molecule has 6 rings (SSSR count). The first-order valence-corrected chi connectivity index (χ1v) is 21.3. The Labute approximate surface area is 291 Å². The number of hydrogen-bond donors (Lipinski definition) is 0. The van der Waals surface area contributed by atoms with Crippen LogP contribution in [0.2, 0.25) is 0 Å². The summed E-state index contributed by atoms with van der Waals surface area (Å²) in [7, 11) is -5.39. The number of hydrogen-bond acceptors (Lipinski definition) is 4. The zero-order valence-electron chi connectivity index (χ0n) is 23.5. The van der Waals surface area contributed by atoms with Gasteiger partial charge in [0.05, 0.1) is 0 Å². The van der Waals surface area contributed by atoms with E-state index in [1.807, 2.05) is 0 Å². The molecule has 0 aliphatic heterocycles. The maximum Gasteiger partial charge on any atom is 0.357 e. The first-order valence-electron chi connectivity index (χ1n) is 13.3. The largest absolute Gasteiger partial charge is 0.822 e. The topological polar surface area (TPSA) is 86.2 Å². The van der Waals surface area contributed by atoms with Crippen LogP contribution in [-0.2, 0) is 4.57 Å². The van der Waals surface area contributed by atoms with Crippen molar-refractivity contribution in [3.63, 3.8) is 0 Å². The van der Waals surface area contributed by atoms with E-state index < -0.39 is 7.82 Å². The summed E-state index contributed by atoms with van der Waals surface area (Å²) < 4.78 is 17.4. The van der Waals surface area contributed by atoms with Crippen LogP contribution in [0.25, 0.3) is 0 Å². The molecule has 44 heavy (non-hydrogen) atoms. The van der Waals surface area contributed by atoms with Gasteiger partial charge in [-0.2, -0.15) is 7.82 Å². The van der Waals surface area contributed by atoms with Crippen molar-refractivity contribution < 1.29 is 82.9 Å². The summed E-state index contributed by atoms with van der Waals surface area (Å²) in [6.45, 7) is 0. The van der Waals surface area contributed by atoms with Gasteiger partial charge in [0.15, 0.2) is 21.4 Å². The first kappa shape index (κ1) is 36.1. The summed E-state index contributed by atoms with van der Waals surface area (Å²) in [5, 5.41) is 0. The van der Waals surface area contributed by atoms with Gasteiger partial charge in [0, 0.05) is 0 Å². The molecule has 0 N–H and O–H groups in total. The van der Waals surface area contributed by atoms with Crippen molar-refractivity contribution in [2.75, 3.05) is 0 Å². The molecule has 0 amide bonds. The van der Waals surface area contributed by atoms with Gasteiger partial charge >= 0.3 is 63.6 Å². The van der Waals surface area contributed by atoms with Gasteiger partial charge in [-0.25, -0.2) is 0 Å². The van der Waals surface area contributed by atoms with E-state index in [1.165, 1.54) is 21.4 Å². The summed E-state index contributed by atoms with van der Waals surface area (Å²) >= 11 is 0.0861. The van der Waals surface area contributed by atoms with Crippen LogP contribution in [0.15, 0.2) is 182 Å². The van der Waals surface area contributed by atoms with Crippen LogP contribution in [0.4, 0.5) is 0 Å². The van der Waals surface area contributed by atoms with E-state index >= 15 is 0 Å². The van der Waals surface area contributed by atoms with Crippen molar-refractivity contribution in [1.29, 1.82) is 0 Å². The molecular formula is C36H30I3O4P. The predicted octanol–water partition coefficient (Wildman–Crippen LogP) is -3.38. The molecule has 0 unspecified atom stereocenters. The van der Waals surface area contributed by atoms with Gasteiger partial charge < -0.3 is 19.2 Å². The number of benzene rings is 6. The van der Waals surface area contributed by atoms with Gasteiger partial charge in [0.25, 0.3) is 0 Å². The van der Waals surface area contributed by atoms with Gasteiger partial charge in [0.1, 0.15) is 0 Å². The highest BCUT2D eigenvalue weighted by molar-refractivity contribution is 7.40. The monoisotopic (exact) mass is 938 g/mol. The number of halogens is 3. The summed E-state index contributed by atoms with van der Waals surface area (Å²) in [6, 6.07) is 64.2. The van der Waals surface area contributed by atoms with Crippen molar-refractivity contribution >= 4 is 7.82 Å². The quantitative estimate of drug-likeness (QED) is 0.129. The minimum atomic E-state index is -5.39. The van der Waals surface area contributed by atoms with Crippen molar-refractivity contribution in [2.24, 2.45) is 0 Å². The molecule has 6 aromatic rings. The SMILES string of the molecule is O=P([O-])([O-])[O-].c1ccc([I+]c2ccccc2)cc1.c1ccc([I+]c2ccccc2)cc1.c1ccc([I+]c2ccccc2)cc1. The fourth-order valence-corrected chi connectivity index (χ4v) is 10.1. The summed E-state index contributed by atoms with van der Waals surface area (Å²) in [5.41, 5.74) is 0. The lowest BCUT2D eigenvalue weighted by Crippen LogP contribution is -3.61. The average molecular weight is 938 g/mol. The Morgan fingerprint density at radius 2 is 0.409 bits per heavy atom. The third kappa shape index (κ3) is 17.8. The van der Waals surface area contributed by atoms with E-state index in [0.717, 1.165) is 0 Å². The van der Waals surface area contributed by atoms with E-state index in [-0.39, 0.29) is 63.6 Å². The lowest BCUT2D eigenvalue weighted by Gasteiger charge is -2.36.